The highest BCUT2D eigenvalue weighted by atomic mass is 16.1. The Kier molecular flexibility index (Phi) is 7.18. The molecule has 1 aromatic rings. The molecular formula is C14H26N4O. The minimum absolute atomic E-state index is 0.107. The standard InChI is InChI=1S/C14H26N4O/c1-11(2)8-12(10-15)9-14(19)18-5-3-4-13-16-6-7-17-13/h6-7,11-12H,3-5,8-10,15H2,1-2H3,(H,16,17)(H,18,19)/t12-/m0/s1. The fourth-order valence-electron chi connectivity index (χ4n) is 2.18. The number of rotatable bonds is 9. The second kappa shape index (κ2) is 8.69. The maximum atomic E-state index is 11.8. The van der Waals surface area contributed by atoms with Gasteiger partial charge < -0.3 is 16.0 Å². The minimum Gasteiger partial charge on any atom is -0.356 e. The van der Waals surface area contributed by atoms with E-state index < -0.39 is 0 Å². The van der Waals surface area contributed by atoms with Crippen molar-refractivity contribution in [1.29, 1.82) is 0 Å². The zero-order valence-electron chi connectivity index (χ0n) is 12.0. The summed E-state index contributed by atoms with van der Waals surface area (Å²) in [5.41, 5.74) is 5.70. The Morgan fingerprint density at radius 1 is 1.53 bits per heavy atom. The van der Waals surface area contributed by atoms with Gasteiger partial charge in [-0.05, 0) is 31.2 Å². The molecule has 0 aliphatic rings. The van der Waals surface area contributed by atoms with Crippen molar-refractivity contribution in [3.05, 3.63) is 18.2 Å². The van der Waals surface area contributed by atoms with Crippen molar-refractivity contribution in [1.82, 2.24) is 15.3 Å². The maximum absolute atomic E-state index is 11.8. The number of carbonyl (C=O) groups excluding carboxylic acids is 1. The van der Waals surface area contributed by atoms with E-state index in [4.69, 9.17) is 5.73 Å². The van der Waals surface area contributed by atoms with Gasteiger partial charge in [0.2, 0.25) is 5.91 Å². The number of aryl methyl sites for hydroxylation is 1. The van der Waals surface area contributed by atoms with Crippen LogP contribution in [0.5, 0.6) is 0 Å². The number of H-pyrrole nitrogens is 1. The van der Waals surface area contributed by atoms with Crippen LogP contribution in [-0.2, 0) is 11.2 Å². The number of nitrogens with two attached hydrogens (primary N) is 1. The molecule has 1 heterocycles. The second-order valence-corrected chi connectivity index (χ2v) is 5.42. The summed E-state index contributed by atoms with van der Waals surface area (Å²) in [6.45, 7) is 5.59. The number of hydrogen-bond acceptors (Lipinski definition) is 3. The van der Waals surface area contributed by atoms with Crippen LogP contribution in [0.15, 0.2) is 12.4 Å². The monoisotopic (exact) mass is 266 g/mol. The first-order valence-electron chi connectivity index (χ1n) is 7.06. The average molecular weight is 266 g/mol. The zero-order chi connectivity index (χ0) is 14.1. The summed E-state index contributed by atoms with van der Waals surface area (Å²) in [7, 11) is 0. The quantitative estimate of drug-likeness (QED) is 0.592. The van der Waals surface area contributed by atoms with E-state index in [1.54, 1.807) is 6.20 Å². The Morgan fingerprint density at radius 3 is 2.89 bits per heavy atom. The molecule has 0 aliphatic carbocycles. The van der Waals surface area contributed by atoms with Gasteiger partial charge in [0.1, 0.15) is 5.82 Å². The number of nitrogens with one attached hydrogen (secondary N) is 2. The highest BCUT2D eigenvalue weighted by molar-refractivity contribution is 5.76. The van der Waals surface area contributed by atoms with Crippen molar-refractivity contribution in [2.24, 2.45) is 17.6 Å². The zero-order valence-corrected chi connectivity index (χ0v) is 12.0. The van der Waals surface area contributed by atoms with Gasteiger partial charge in [-0.3, -0.25) is 4.79 Å². The Bertz CT molecular complexity index is 348. The third kappa shape index (κ3) is 6.96. The fraction of sp³-hybridized carbons (Fsp3) is 0.714. The predicted octanol–water partition coefficient (Wildman–Crippen LogP) is 1.47. The molecule has 1 rings (SSSR count). The van der Waals surface area contributed by atoms with Crippen LogP contribution >= 0.6 is 0 Å². The van der Waals surface area contributed by atoms with E-state index in [1.807, 2.05) is 6.20 Å². The molecule has 0 fully saturated rings. The van der Waals surface area contributed by atoms with Crippen molar-refractivity contribution in [3.63, 3.8) is 0 Å². The van der Waals surface area contributed by atoms with E-state index in [0.29, 0.717) is 31.3 Å². The number of aromatic amines is 1. The van der Waals surface area contributed by atoms with Crippen molar-refractivity contribution in [2.75, 3.05) is 13.1 Å². The van der Waals surface area contributed by atoms with Crippen molar-refractivity contribution in [2.45, 2.75) is 39.5 Å². The molecule has 0 spiro atoms. The van der Waals surface area contributed by atoms with Crippen LogP contribution in [0.4, 0.5) is 0 Å². The van der Waals surface area contributed by atoms with E-state index in [0.717, 1.165) is 25.1 Å². The summed E-state index contributed by atoms with van der Waals surface area (Å²) < 4.78 is 0. The molecule has 0 saturated heterocycles. The fourth-order valence-corrected chi connectivity index (χ4v) is 2.18. The summed E-state index contributed by atoms with van der Waals surface area (Å²) in [5.74, 6) is 1.95. The smallest absolute Gasteiger partial charge is 0.220 e. The minimum atomic E-state index is 0.107. The predicted molar refractivity (Wildman–Crippen MR) is 76.5 cm³/mol. The van der Waals surface area contributed by atoms with Crippen molar-refractivity contribution < 1.29 is 4.79 Å². The van der Waals surface area contributed by atoms with Gasteiger partial charge in [-0.2, -0.15) is 0 Å². The first-order valence-corrected chi connectivity index (χ1v) is 7.06. The van der Waals surface area contributed by atoms with Gasteiger partial charge in [-0.25, -0.2) is 4.98 Å². The number of nitrogens with zero attached hydrogens (tertiary/aromatic N) is 1. The number of imidazole rings is 1. The van der Waals surface area contributed by atoms with Gasteiger partial charge in [0.15, 0.2) is 0 Å². The normalized spacial score (nSPS) is 12.6. The summed E-state index contributed by atoms with van der Waals surface area (Å²) in [6.07, 6.45) is 6.86. The number of hydrogen-bond donors (Lipinski definition) is 3. The lowest BCUT2D eigenvalue weighted by Gasteiger charge is -2.16. The number of aromatic nitrogens is 2. The second-order valence-electron chi connectivity index (χ2n) is 5.42. The molecule has 1 amide bonds. The van der Waals surface area contributed by atoms with E-state index >= 15 is 0 Å². The van der Waals surface area contributed by atoms with Gasteiger partial charge in [-0.1, -0.05) is 13.8 Å². The molecular weight excluding hydrogens is 240 g/mol. The molecule has 1 atom stereocenters. The summed E-state index contributed by atoms with van der Waals surface area (Å²) in [5, 5.41) is 2.95. The summed E-state index contributed by atoms with van der Waals surface area (Å²) >= 11 is 0. The van der Waals surface area contributed by atoms with Crippen LogP contribution in [-0.4, -0.2) is 29.0 Å². The highest BCUT2D eigenvalue weighted by Gasteiger charge is 2.13. The third-order valence-corrected chi connectivity index (χ3v) is 3.08. The molecule has 0 radical (unpaired) electrons. The highest BCUT2D eigenvalue weighted by Crippen LogP contribution is 2.13. The van der Waals surface area contributed by atoms with Crippen LogP contribution in [0, 0.1) is 11.8 Å². The maximum Gasteiger partial charge on any atom is 0.220 e. The van der Waals surface area contributed by atoms with Crippen LogP contribution in [0.25, 0.3) is 0 Å². The van der Waals surface area contributed by atoms with Crippen LogP contribution in [0.3, 0.4) is 0 Å². The largest absolute Gasteiger partial charge is 0.356 e. The molecule has 5 nitrogen and oxygen atoms in total. The SMILES string of the molecule is CC(C)C[C@H](CN)CC(=O)NCCCc1ncc[nH]1. The van der Waals surface area contributed by atoms with Crippen LogP contribution in [0.1, 0.15) is 38.9 Å². The lowest BCUT2D eigenvalue weighted by molar-refractivity contribution is -0.122. The summed E-state index contributed by atoms with van der Waals surface area (Å²) in [6, 6.07) is 0. The average Bonchev–Trinajstić information content (AvgIpc) is 2.86. The molecule has 5 heteroatoms. The molecule has 19 heavy (non-hydrogen) atoms. The lowest BCUT2D eigenvalue weighted by Crippen LogP contribution is -2.29. The lowest BCUT2D eigenvalue weighted by atomic mass is 9.94. The first kappa shape index (κ1) is 15.7. The van der Waals surface area contributed by atoms with Gasteiger partial charge in [0.05, 0.1) is 0 Å². The molecule has 108 valence electrons. The van der Waals surface area contributed by atoms with Gasteiger partial charge in [-0.15, -0.1) is 0 Å². The first-order chi connectivity index (χ1) is 9.11. The molecule has 0 aliphatic heterocycles. The topological polar surface area (TPSA) is 83.8 Å². The molecule has 4 N–H and O–H groups in total. The Labute approximate surface area is 115 Å². The Balaban J connectivity index is 2.12. The number of carbonyl (C=O) groups is 1. The van der Waals surface area contributed by atoms with E-state index in [2.05, 4.69) is 29.1 Å². The Morgan fingerprint density at radius 2 is 2.32 bits per heavy atom. The van der Waals surface area contributed by atoms with Gasteiger partial charge >= 0.3 is 0 Å². The molecule has 0 aromatic carbocycles. The third-order valence-electron chi connectivity index (χ3n) is 3.08. The molecule has 0 unspecified atom stereocenters. The van der Waals surface area contributed by atoms with E-state index in [9.17, 15) is 4.79 Å². The van der Waals surface area contributed by atoms with Gasteiger partial charge in [0, 0.05) is 31.8 Å². The van der Waals surface area contributed by atoms with Gasteiger partial charge in [0.25, 0.3) is 0 Å². The number of amides is 1. The van der Waals surface area contributed by atoms with E-state index in [1.165, 1.54) is 0 Å². The molecule has 1 aromatic heterocycles. The molecule has 0 bridgehead atoms. The summed E-state index contributed by atoms with van der Waals surface area (Å²) in [4.78, 5) is 19.0. The van der Waals surface area contributed by atoms with Crippen LogP contribution < -0.4 is 11.1 Å². The van der Waals surface area contributed by atoms with Crippen LogP contribution in [0.2, 0.25) is 0 Å². The van der Waals surface area contributed by atoms with E-state index in [-0.39, 0.29) is 5.91 Å². The molecule has 0 saturated carbocycles. The Hall–Kier alpha value is -1.36. The van der Waals surface area contributed by atoms with Crippen molar-refractivity contribution >= 4 is 5.91 Å². The van der Waals surface area contributed by atoms with Crippen molar-refractivity contribution in [3.8, 4) is 0 Å².